The van der Waals surface area contributed by atoms with Crippen molar-refractivity contribution in [2.75, 3.05) is 23.0 Å². The van der Waals surface area contributed by atoms with Crippen molar-refractivity contribution >= 4 is 29.5 Å². The highest BCUT2D eigenvalue weighted by molar-refractivity contribution is 7.99. The third-order valence-electron chi connectivity index (χ3n) is 5.32. The molecule has 4 atom stereocenters. The van der Waals surface area contributed by atoms with Crippen LogP contribution in [0.3, 0.4) is 0 Å². The molecule has 0 saturated carbocycles. The lowest BCUT2D eigenvalue weighted by Gasteiger charge is -2.27. The van der Waals surface area contributed by atoms with Crippen LogP contribution in [0.1, 0.15) is 64.7 Å². The number of carboxylic acid groups (broad SMARTS) is 1. The highest BCUT2D eigenvalue weighted by Gasteiger charge is 2.47. The third kappa shape index (κ3) is 6.80. The molecule has 1 N–H and O–H groups in total. The molecule has 2 heterocycles. The van der Waals surface area contributed by atoms with Gasteiger partial charge in [0, 0.05) is 6.42 Å². The summed E-state index contributed by atoms with van der Waals surface area (Å²) in [6, 6.07) is 0. The lowest BCUT2D eigenvalue weighted by Crippen LogP contribution is -2.29. The standard InChI is InChI=1S/C19H34O3S2/c1-2-3-5-11-23-13-10-15-16(18-9-8-17(15)22-18)14-24-12-6-4-7-19(20)21/h15-18H,2-14H2,1H3,(H,20,21). The largest absolute Gasteiger partial charge is 0.481 e. The number of ether oxygens (including phenoxy) is 1. The van der Waals surface area contributed by atoms with Crippen LogP contribution in [-0.2, 0) is 9.53 Å². The molecule has 0 spiro atoms. The van der Waals surface area contributed by atoms with E-state index in [0.29, 0.717) is 18.6 Å². The molecule has 2 aliphatic rings. The molecule has 2 bridgehead atoms. The van der Waals surface area contributed by atoms with E-state index in [1.54, 1.807) is 0 Å². The first-order valence-corrected chi connectivity index (χ1v) is 12.1. The predicted molar refractivity (Wildman–Crippen MR) is 105 cm³/mol. The molecule has 2 fully saturated rings. The van der Waals surface area contributed by atoms with E-state index in [0.717, 1.165) is 30.4 Å². The van der Waals surface area contributed by atoms with E-state index < -0.39 is 5.97 Å². The quantitative estimate of drug-likeness (QED) is 0.430. The van der Waals surface area contributed by atoms with Crippen LogP contribution in [-0.4, -0.2) is 46.3 Å². The van der Waals surface area contributed by atoms with Gasteiger partial charge in [-0.15, -0.1) is 0 Å². The first kappa shape index (κ1) is 20.4. The van der Waals surface area contributed by atoms with Crippen LogP contribution >= 0.6 is 23.5 Å². The number of aliphatic carboxylic acids is 1. The molecule has 140 valence electrons. The summed E-state index contributed by atoms with van der Waals surface area (Å²) in [7, 11) is 0. The maximum Gasteiger partial charge on any atom is 0.303 e. The lowest BCUT2D eigenvalue weighted by atomic mass is 9.79. The zero-order chi connectivity index (χ0) is 17.2. The Morgan fingerprint density at radius 2 is 1.71 bits per heavy atom. The van der Waals surface area contributed by atoms with Gasteiger partial charge in [-0.25, -0.2) is 0 Å². The van der Waals surface area contributed by atoms with E-state index >= 15 is 0 Å². The summed E-state index contributed by atoms with van der Waals surface area (Å²) in [5, 5.41) is 8.67. The Morgan fingerprint density at radius 3 is 2.46 bits per heavy atom. The first-order valence-electron chi connectivity index (χ1n) is 9.75. The van der Waals surface area contributed by atoms with Crippen LogP contribution in [0.4, 0.5) is 0 Å². The van der Waals surface area contributed by atoms with Gasteiger partial charge < -0.3 is 9.84 Å². The van der Waals surface area contributed by atoms with Gasteiger partial charge in [-0.3, -0.25) is 4.79 Å². The molecular formula is C19H34O3S2. The molecule has 0 aromatic heterocycles. The van der Waals surface area contributed by atoms with Crippen molar-refractivity contribution in [2.24, 2.45) is 11.8 Å². The fourth-order valence-corrected chi connectivity index (χ4v) is 6.34. The predicted octanol–water partition coefficient (Wildman–Crippen LogP) is 5.08. The van der Waals surface area contributed by atoms with Gasteiger partial charge in [0.25, 0.3) is 0 Å². The highest BCUT2D eigenvalue weighted by Crippen LogP contribution is 2.46. The molecule has 2 aliphatic heterocycles. The summed E-state index contributed by atoms with van der Waals surface area (Å²) in [5.41, 5.74) is 0. The van der Waals surface area contributed by atoms with Gasteiger partial charge in [-0.1, -0.05) is 19.8 Å². The Hall–Kier alpha value is 0.130. The lowest BCUT2D eigenvalue weighted by molar-refractivity contribution is -0.137. The topological polar surface area (TPSA) is 46.5 Å². The van der Waals surface area contributed by atoms with Crippen molar-refractivity contribution in [3.05, 3.63) is 0 Å². The Labute approximate surface area is 156 Å². The summed E-state index contributed by atoms with van der Waals surface area (Å²) in [6.45, 7) is 2.27. The second kappa shape index (κ2) is 11.7. The number of hydrogen-bond acceptors (Lipinski definition) is 4. The zero-order valence-corrected chi connectivity index (χ0v) is 16.7. The van der Waals surface area contributed by atoms with Gasteiger partial charge in [0.1, 0.15) is 0 Å². The molecule has 4 unspecified atom stereocenters. The summed E-state index contributed by atoms with van der Waals surface area (Å²) >= 11 is 4.15. The molecule has 0 aromatic carbocycles. The Balaban J connectivity index is 1.59. The number of unbranched alkanes of at least 4 members (excludes halogenated alkanes) is 3. The van der Waals surface area contributed by atoms with Crippen LogP contribution in [0, 0.1) is 11.8 Å². The van der Waals surface area contributed by atoms with Crippen LogP contribution in [0.15, 0.2) is 0 Å². The van der Waals surface area contributed by atoms with E-state index in [2.05, 4.69) is 18.7 Å². The Morgan fingerprint density at radius 1 is 1.00 bits per heavy atom. The maximum atomic E-state index is 10.5. The monoisotopic (exact) mass is 374 g/mol. The number of rotatable bonds is 14. The van der Waals surface area contributed by atoms with Crippen molar-refractivity contribution in [3.8, 4) is 0 Å². The van der Waals surface area contributed by atoms with Gasteiger partial charge in [0.2, 0.25) is 0 Å². The highest BCUT2D eigenvalue weighted by atomic mass is 32.2. The molecule has 3 nitrogen and oxygen atoms in total. The summed E-state index contributed by atoms with van der Waals surface area (Å²) < 4.78 is 6.20. The second-order valence-electron chi connectivity index (χ2n) is 7.15. The normalized spacial score (nSPS) is 28.5. The average molecular weight is 375 g/mol. The van der Waals surface area contributed by atoms with E-state index in [1.165, 1.54) is 55.8 Å². The van der Waals surface area contributed by atoms with Crippen molar-refractivity contribution in [3.63, 3.8) is 0 Å². The van der Waals surface area contributed by atoms with E-state index in [1.807, 2.05) is 11.8 Å². The van der Waals surface area contributed by atoms with Crippen molar-refractivity contribution < 1.29 is 14.6 Å². The molecule has 0 aliphatic carbocycles. The zero-order valence-electron chi connectivity index (χ0n) is 15.1. The fourth-order valence-electron chi connectivity index (χ4n) is 3.98. The van der Waals surface area contributed by atoms with E-state index in [9.17, 15) is 4.79 Å². The van der Waals surface area contributed by atoms with Gasteiger partial charge in [-0.05, 0) is 73.4 Å². The molecule has 5 heteroatoms. The van der Waals surface area contributed by atoms with E-state index in [-0.39, 0.29) is 0 Å². The van der Waals surface area contributed by atoms with Crippen LogP contribution < -0.4 is 0 Å². The van der Waals surface area contributed by atoms with Crippen LogP contribution in [0.2, 0.25) is 0 Å². The van der Waals surface area contributed by atoms with Crippen molar-refractivity contribution in [1.29, 1.82) is 0 Å². The number of fused-ring (bicyclic) bond motifs is 2. The number of carboxylic acids is 1. The first-order chi connectivity index (χ1) is 11.7. The molecule has 0 radical (unpaired) electrons. The van der Waals surface area contributed by atoms with Crippen LogP contribution in [0.5, 0.6) is 0 Å². The molecule has 2 saturated heterocycles. The number of thioether (sulfide) groups is 2. The molecule has 2 rings (SSSR count). The summed E-state index contributed by atoms with van der Waals surface area (Å²) in [4.78, 5) is 10.5. The average Bonchev–Trinajstić information content (AvgIpc) is 3.15. The van der Waals surface area contributed by atoms with E-state index in [4.69, 9.17) is 9.84 Å². The van der Waals surface area contributed by atoms with Crippen LogP contribution in [0.25, 0.3) is 0 Å². The minimum absolute atomic E-state index is 0.315. The van der Waals surface area contributed by atoms with Gasteiger partial charge in [-0.2, -0.15) is 23.5 Å². The minimum Gasteiger partial charge on any atom is -0.481 e. The third-order valence-corrected chi connectivity index (χ3v) is 7.62. The Bertz CT molecular complexity index is 365. The maximum absolute atomic E-state index is 10.5. The summed E-state index contributed by atoms with van der Waals surface area (Å²) in [6.07, 6.45) is 11.1. The molecule has 0 aromatic rings. The number of carbonyl (C=O) groups is 1. The smallest absolute Gasteiger partial charge is 0.303 e. The van der Waals surface area contributed by atoms with Gasteiger partial charge >= 0.3 is 5.97 Å². The number of hydrogen-bond donors (Lipinski definition) is 1. The van der Waals surface area contributed by atoms with Crippen molar-refractivity contribution in [1.82, 2.24) is 0 Å². The second-order valence-corrected chi connectivity index (χ2v) is 9.53. The summed E-state index contributed by atoms with van der Waals surface area (Å²) in [5.74, 6) is 5.76. The molecular weight excluding hydrogens is 340 g/mol. The SMILES string of the molecule is CCCCCSCCC1C2CCC(O2)C1CSCCCCC(=O)O. The van der Waals surface area contributed by atoms with Gasteiger partial charge in [0.15, 0.2) is 0 Å². The Kier molecular flexibility index (Phi) is 9.96. The minimum atomic E-state index is -0.669. The molecule has 0 amide bonds. The van der Waals surface area contributed by atoms with Crippen molar-refractivity contribution in [2.45, 2.75) is 76.9 Å². The van der Waals surface area contributed by atoms with Gasteiger partial charge in [0.05, 0.1) is 12.2 Å². The fraction of sp³-hybridized carbons (Fsp3) is 0.947. The molecule has 24 heavy (non-hydrogen) atoms.